The van der Waals surface area contributed by atoms with Crippen molar-refractivity contribution in [1.82, 2.24) is 0 Å². The normalized spacial score (nSPS) is 9.90. The maximum atomic E-state index is 11.0. The van der Waals surface area contributed by atoms with Gasteiger partial charge in [-0.05, 0) is 17.7 Å². The number of carbonyl (C=O) groups is 1. The van der Waals surface area contributed by atoms with Gasteiger partial charge in [0.05, 0.1) is 19.8 Å². The van der Waals surface area contributed by atoms with E-state index in [-0.39, 0.29) is 0 Å². The van der Waals surface area contributed by atoms with Crippen LogP contribution in [0.4, 0.5) is 0 Å². The van der Waals surface area contributed by atoms with Crippen LogP contribution in [0, 0.1) is 0 Å². The first-order chi connectivity index (χ1) is 9.80. The van der Waals surface area contributed by atoms with Gasteiger partial charge < -0.3 is 14.2 Å². The van der Waals surface area contributed by atoms with E-state index in [4.69, 9.17) is 14.2 Å². The third kappa shape index (κ3) is 2.91. The van der Waals surface area contributed by atoms with Crippen molar-refractivity contribution >= 4 is 6.29 Å². The topological polar surface area (TPSA) is 44.8 Å². The van der Waals surface area contributed by atoms with Crippen molar-refractivity contribution in [2.45, 2.75) is 6.61 Å². The maximum Gasteiger partial charge on any atom is 0.204 e. The van der Waals surface area contributed by atoms with Crippen LogP contribution in [0.5, 0.6) is 17.2 Å². The quantitative estimate of drug-likeness (QED) is 0.758. The number of rotatable bonds is 6. The fraction of sp³-hybridized carbons (Fsp3) is 0.188. The molecule has 0 spiro atoms. The molecular weight excluding hydrogens is 256 g/mol. The molecule has 0 bridgehead atoms. The van der Waals surface area contributed by atoms with Crippen LogP contribution in [0.2, 0.25) is 0 Å². The highest BCUT2D eigenvalue weighted by Crippen LogP contribution is 2.39. The molecule has 0 aliphatic heterocycles. The van der Waals surface area contributed by atoms with E-state index in [1.54, 1.807) is 19.2 Å². The maximum absolute atomic E-state index is 11.0. The average Bonchev–Trinajstić information content (AvgIpc) is 2.52. The van der Waals surface area contributed by atoms with Gasteiger partial charge in [-0.2, -0.15) is 0 Å². The minimum Gasteiger partial charge on any atom is -0.493 e. The number of ether oxygens (including phenoxy) is 3. The molecule has 0 fully saturated rings. The van der Waals surface area contributed by atoms with Crippen molar-refractivity contribution in [2.75, 3.05) is 14.2 Å². The van der Waals surface area contributed by atoms with E-state index in [0.717, 1.165) is 11.8 Å². The van der Waals surface area contributed by atoms with Gasteiger partial charge in [0.25, 0.3) is 0 Å². The number of benzene rings is 2. The smallest absolute Gasteiger partial charge is 0.204 e. The molecule has 2 aromatic rings. The minimum absolute atomic E-state index is 0.371. The summed E-state index contributed by atoms with van der Waals surface area (Å²) in [7, 11) is 3.04. The van der Waals surface area contributed by atoms with Crippen molar-refractivity contribution in [2.24, 2.45) is 0 Å². The van der Waals surface area contributed by atoms with E-state index in [1.807, 2.05) is 30.3 Å². The third-order valence-corrected chi connectivity index (χ3v) is 2.88. The number of hydrogen-bond acceptors (Lipinski definition) is 4. The Morgan fingerprint density at radius 2 is 1.70 bits per heavy atom. The summed E-state index contributed by atoms with van der Waals surface area (Å²) in [5.74, 6) is 1.35. The molecule has 4 nitrogen and oxygen atoms in total. The lowest BCUT2D eigenvalue weighted by Crippen LogP contribution is -2.02. The summed E-state index contributed by atoms with van der Waals surface area (Å²) in [6.07, 6.45) is 0.730. The summed E-state index contributed by atoms with van der Waals surface area (Å²) >= 11 is 0. The highest BCUT2D eigenvalue weighted by molar-refractivity contribution is 5.82. The standard InChI is InChI=1S/C16H16O4/c1-18-14-9-8-13(10-17)15(19-2)16(14)20-11-12-6-4-3-5-7-12/h3-10H,11H2,1-2H3. The number of hydrogen-bond donors (Lipinski definition) is 0. The lowest BCUT2D eigenvalue weighted by atomic mass is 10.2. The van der Waals surface area contributed by atoms with Crippen molar-refractivity contribution in [3.8, 4) is 17.2 Å². The number of methoxy groups -OCH3 is 2. The van der Waals surface area contributed by atoms with E-state index in [0.29, 0.717) is 29.4 Å². The first-order valence-electron chi connectivity index (χ1n) is 6.17. The van der Waals surface area contributed by atoms with Gasteiger partial charge >= 0.3 is 0 Å². The second-order valence-corrected chi connectivity index (χ2v) is 4.11. The Balaban J connectivity index is 2.31. The van der Waals surface area contributed by atoms with Crippen LogP contribution < -0.4 is 14.2 Å². The van der Waals surface area contributed by atoms with Crippen molar-refractivity contribution in [3.05, 3.63) is 53.6 Å². The van der Waals surface area contributed by atoms with Gasteiger partial charge in [0.2, 0.25) is 5.75 Å². The fourth-order valence-corrected chi connectivity index (χ4v) is 1.89. The molecule has 0 aliphatic carbocycles. The Labute approximate surface area is 117 Å². The molecule has 0 heterocycles. The second-order valence-electron chi connectivity index (χ2n) is 4.11. The number of carbonyl (C=O) groups excluding carboxylic acids is 1. The molecule has 0 aliphatic rings. The summed E-state index contributed by atoms with van der Waals surface area (Å²) in [6.45, 7) is 0.371. The lowest BCUT2D eigenvalue weighted by Gasteiger charge is -2.15. The highest BCUT2D eigenvalue weighted by Gasteiger charge is 2.16. The van der Waals surface area contributed by atoms with Gasteiger partial charge in [-0.1, -0.05) is 30.3 Å². The summed E-state index contributed by atoms with van der Waals surface area (Å²) in [6, 6.07) is 13.1. The molecule has 0 aromatic heterocycles. The van der Waals surface area contributed by atoms with Crippen LogP contribution in [0.1, 0.15) is 15.9 Å². The van der Waals surface area contributed by atoms with Gasteiger partial charge in [0.1, 0.15) is 6.61 Å². The van der Waals surface area contributed by atoms with Gasteiger partial charge in [-0.25, -0.2) is 0 Å². The molecule has 2 aromatic carbocycles. The van der Waals surface area contributed by atoms with Crippen molar-refractivity contribution in [3.63, 3.8) is 0 Å². The molecule has 0 amide bonds. The van der Waals surface area contributed by atoms with E-state index >= 15 is 0 Å². The molecule has 20 heavy (non-hydrogen) atoms. The van der Waals surface area contributed by atoms with E-state index < -0.39 is 0 Å². The predicted molar refractivity (Wildman–Crippen MR) is 75.7 cm³/mol. The molecule has 2 rings (SSSR count). The first kappa shape index (κ1) is 13.9. The molecule has 0 radical (unpaired) electrons. The minimum atomic E-state index is 0.371. The monoisotopic (exact) mass is 272 g/mol. The van der Waals surface area contributed by atoms with Crippen LogP contribution >= 0.6 is 0 Å². The van der Waals surface area contributed by atoms with Crippen LogP contribution in [-0.2, 0) is 6.61 Å². The number of aldehydes is 1. The molecule has 0 atom stereocenters. The summed E-state index contributed by atoms with van der Waals surface area (Å²) in [5.41, 5.74) is 1.45. The third-order valence-electron chi connectivity index (χ3n) is 2.88. The average molecular weight is 272 g/mol. The van der Waals surface area contributed by atoms with Gasteiger partial charge in [-0.3, -0.25) is 4.79 Å². The molecule has 104 valence electrons. The van der Waals surface area contributed by atoms with Crippen LogP contribution in [0.15, 0.2) is 42.5 Å². The molecule has 0 saturated heterocycles. The van der Waals surface area contributed by atoms with Gasteiger partial charge in [-0.15, -0.1) is 0 Å². The van der Waals surface area contributed by atoms with E-state index in [9.17, 15) is 4.79 Å². The predicted octanol–water partition coefficient (Wildman–Crippen LogP) is 3.10. The summed E-state index contributed by atoms with van der Waals surface area (Å²) in [4.78, 5) is 11.0. The Morgan fingerprint density at radius 1 is 0.950 bits per heavy atom. The van der Waals surface area contributed by atoms with Crippen LogP contribution in [-0.4, -0.2) is 20.5 Å². The molecule has 4 heteroatoms. The molecule has 0 unspecified atom stereocenters. The van der Waals surface area contributed by atoms with Crippen LogP contribution in [0.25, 0.3) is 0 Å². The molecule has 0 N–H and O–H groups in total. The largest absolute Gasteiger partial charge is 0.493 e. The molecular formula is C16H16O4. The zero-order valence-electron chi connectivity index (χ0n) is 11.5. The van der Waals surface area contributed by atoms with Gasteiger partial charge in [0.15, 0.2) is 17.8 Å². The summed E-state index contributed by atoms with van der Waals surface area (Å²) < 4.78 is 16.3. The van der Waals surface area contributed by atoms with Gasteiger partial charge in [0, 0.05) is 0 Å². The Bertz CT molecular complexity index is 579. The Morgan fingerprint density at radius 3 is 2.30 bits per heavy atom. The van der Waals surface area contributed by atoms with E-state index in [1.165, 1.54) is 7.11 Å². The summed E-state index contributed by atoms with van der Waals surface area (Å²) in [5, 5.41) is 0. The molecule has 0 saturated carbocycles. The Hall–Kier alpha value is -2.49. The highest BCUT2D eigenvalue weighted by atomic mass is 16.5. The van der Waals surface area contributed by atoms with Crippen LogP contribution in [0.3, 0.4) is 0 Å². The van der Waals surface area contributed by atoms with Crippen molar-refractivity contribution < 1.29 is 19.0 Å². The first-order valence-corrected chi connectivity index (χ1v) is 6.17. The fourth-order valence-electron chi connectivity index (χ4n) is 1.89. The zero-order chi connectivity index (χ0) is 14.4. The van der Waals surface area contributed by atoms with Crippen molar-refractivity contribution in [1.29, 1.82) is 0 Å². The SMILES string of the molecule is COc1ccc(C=O)c(OC)c1OCc1ccccc1. The Kier molecular flexibility index (Phi) is 4.60. The second kappa shape index (κ2) is 6.61. The lowest BCUT2D eigenvalue weighted by molar-refractivity contribution is 0.111. The van der Waals surface area contributed by atoms with E-state index in [2.05, 4.69) is 0 Å². The zero-order valence-corrected chi connectivity index (χ0v) is 11.5.